The number of benzene rings is 2. The van der Waals surface area contributed by atoms with E-state index in [1.807, 2.05) is 26.0 Å². The SMILES string of the molecule is CC(=O)Oc1cc(C(C)(C)c2ccc(O)cc2)ccc1O. The summed E-state index contributed by atoms with van der Waals surface area (Å²) in [6.45, 7) is 5.32. The summed E-state index contributed by atoms with van der Waals surface area (Å²) >= 11 is 0. The maximum absolute atomic E-state index is 11.1. The smallest absolute Gasteiger partial charge is 0.308 e. The summed E-state index contributed by atoms with van der Waals surface area (Å²) in [5.74, 6) is -0.201. The Bertz CT molecular complexity index is 657. The van der Waals surface area contributed by atoms with E-state index < -0.39 is 5.97 Å². The van der Waals surface area contributed by atoms with Gasteiger partial charge in [-0.25, -0.2) is 0 Å². The van der Waals surface area contributed by atoms with Crippen molar-refractivity contribution in [2.75, 3.05) is 0 Å². The Morgan fingerprint density at radius 3 is 2.14 bits per heavy atom. The van der Waals surface area contributed by atoms with Crippen LogP contribution in [0.4, 0.5) is 0 Å². The lowest BCUT2D eigenvalue weighted by Crippen LogP contribution is -2.19. The van der Waals surface area contributed by atoms with Gasteiger partial charge in [-0.2, -0.15) is 0 Å². The molecule has 0 saturated carbocycles. The molecule has 110 valence electrons. The zero-order chi connectivity index (χ0) is 15.6. The number of phenolic OH excluding ortho intramolecular Hbond substituents is 2. The first-order valence-corrected chi connectivity index (χ1v) is 6.62. The van der Waals surface area contributed by atoms with E-state index >= 15 is 0 Å². The monoisotopic (exact) mass is 286 g/mol. The van der Waals surface area contributed by atoms with Gasteiger partial charge in [0.1, 0.15) is 5.75 Å². The van der Waals surface area contributed by atoms with Crippen molar-refractivity contribution >= 4 is 5.97 Å². The predicted octanol–water partition coefficient (Wildman–Crippen LogP) is 3.35. The van der Waals surface area contributed by atoms with Crippen LogP contribution in [0.15, 0.2) is 42.5 Å². The molecular formula is C17H18O4. The van der Waals surface area contributed by atoms with Gasteiger partial charge in [-0.15, -0.1) is 0 Å². The van der Waals surface area contributed by atoms with E-state index in [4.69, 9.17) is 4.74 Å². The van der Waals surface area contributed by atoms with Crippen LogP contribution in [0.3, 0.4) is 0 Å². The quantitative estimate of drug-likeness (QED) is 0.670. The molecule has 2 aromatic rings. The number of hydrogen-bond acceptors (Lipinski definition) is 4. The molecule has 0 heterocycles. The Morgan fingerprint density at radius 2 is 1.57 bits per heavy atom. The van der Waals surface area contributed by atoms with Crippen LogP contribution in [0.5, 0.6) is 17.2 Å². The van der Waals surface area contributed by atoms with Crippen molar-refractivity contribution in [3.05, 3.63) is 53.6 Å². The molecule has 0 aliphatic rings. The molecule has 0 aliphatic carbocycles. The summed E-state index contributed by atoms with van der Waals surface area (Å²) in [5, 5.41) is 19.1. The molecule has 4 heteroatoms. The Morgan fingerprint density at radius 1 is 1.00 bits per heavy atom. The number of esters is 1. The summed E-state index contributed by atoms with van der Waals surface area (Å²) < 4.78 is 5.01. The standard InChI is InChI=1S/C17H18O4/c1-11(18)21-16-10-13(6-9-15(16)20)17(2,3)12-4-7-14(19)8-5-12/h4-10,19-20H,1-3H3. The van der Waals surface area contributed by atoms with E-state index in [1.54, 1.807) is 24.3 Å². The second kappa shape index (κ2) is 5.48. The fourth-order valence-corrected chi connectivity index (χ4v) is 2.18. The van der Waals surface area contributed by atoms with Gasteiger partial charge in [-0.3, -0.25) is 4.79 Å². The average molecular weight is 286 g/mol. The molecule has 0 atom stereocenters. The summed E-state index contributed by atoms with van der Waals surface area (Å²) in [6.07, 6.45) is 0. The number of phenols is 2. The van der Waals surface area contributed by atoms with Crippen molar-refractivity contribution in [1.82, 2.24) is 0 Å². The molecule has 0 aromatic heterocycles. The van der Waals surface area contributed by atoms with Crippen LogP contribution in [0.25, 0.3) is 0 Å². The molecule has 0 saturated heterocycles. The van der Waals surface area contributed by atoms with Crippen LogP contribution in [-0.2, 0) is 10.2 Å². The maximum atomic E-state index is 11.1. The zero-order valence-electron chi connectivity index (χ0n) is 12.3. The minimum Gasteiger partial charge on any atom is -0.508 e. The fourth-order valence-electron chi connectivity index (χ4n) is 2.18. The number of aromatic hydroxyl groups is 2. The van der Waals surface area contributed by atoms with Crippen molar-refractivity contribution in [2.45, 2.75) is 26.2 Å². The normalized spacial score (nSPS) is 11.2. The summed E-state index contributed by atoms with van der Waals surface area (Å²) in [4.78, 5) is 11.1. The van der Waals surface area contributed by atoms with Crippen molar-refractivity contribution < 1.29 is 19.7 Å². The lowest BCUT2D eigenvalue weighted by molar-refractivity contribution is -0.132. The second-order valence-corrected chi connectivity index (χ2v) is 5.45. The molecule has 2 aromatic carbocycles. The van der Waals surface area contributed by atoms with Crippen LogP contribution in [0.1, 0.15) is 31.9 Å². The second-order valence-electron chi connectivity index (χ2n) is 5.45. The first kappa shape index (κ1) is 14.9. The van der Waals surface area contributed by atoms with Gasteiger partial charge in [0.25, 0.3) is 0 Å². The number of rotatable bonds is 3. The first-order chi connectivity index (χ1) is 9.80. The van der Waals surface area contributed by atoms with Crippen molar-refractivity contribution in [2.24, 2.45) is 0 Å². The van der Waals surface area contributed by atoms with Crippen molar-refractivity contribution in [3.8, 4) is 17.2 Å². The lowest BCUT2D eigenvalue weighted by Gasteiger charge is -2.26. The van der Waals surface area contributed by atoms with E-state index in [1.165, 1.54) is 13.0 Å². The Balaban J connectivity index is 2.44. The third kappa shape index (κ3) is 3.16. The van der Waals surface area contributed by atoms with Crippen molar-refractivity contribution in [1.29, 1.82) is 0 Å². The Labute approximate surface area is 123 Å². The molecule has 2 rings (SSSR count). The maximum Gasteiger partial charge on any atom is 0.308 e. The molecule has 4 nitrogen and oxygen atoms in total. The molecule has 0 aliphatic heterocycles. The zero-order valence-corrected chi connectivity index (χ0v) is 12.3. The number of carbonyl (C=O) groups excluding carboxylic acids is 1. The van der Waals surface area contributed by atoms with E-state index in [2.05, 4.69) is 0 Å². The molecule has 0 spiro atoms. The molecule has 0 bridgehead atoms. The van der Waals surface area contributed by atoms with Crippen LogP contribution in [0.2, 0.25) is 0 Å². The summed E-state index contributed by atoms with van der Waals surface area (Å²) in [5.41, 5.74) is 1.53. The van der Waals surface area contributed by atoms with E-state index in [9.17, 15) is 15.0 Å². The molecule has 0 amide bonds. The average Bonchev–Trinajstić information content (AvgIpc) is 2.41. The Kier molecular flexibility index (Phi) is 3.89. The molecular weight excluding hydrogens is 268 g/mol. The number of hydrogen-bond donors (Lipinski definition) is 2. The van der Waals surface area contributed by atoms with Gasteiger partial charge in [-0.05, 0) is 35.4 Å². The Hall–Kier alpha value is -2.49. The molecule has 0 radical (unpaired) electrons. The highest BCUT2D eigenvalue weighted by Crippen LogP contribution is 2.37. The van der Waals surface area contributed by atoms with Crippen molar-refractivity contribution in [3.63, 3.8) is 0 Å². The lowest BCUT2D eigenvalue weighted by atomic mass is 9.78. The largest absolute Gasteiger partial charge is 0.508 e. The topological polar surface area (TPSA) is 66.8 Å². The highest BCUT2D eigenvalue weighted by molar-refractivity contribution is 5.70. The molecule has 21 heavy (non-hydrogen) atoms. The third-order valence-corrected chi connectivity index (χ3v) is 3.52. The van der Waals surface area contributed by atoms with E-state index in [0.29, 0.717) is 0 Å². The molecule has 0 fully saturated rings. The third-order valence-electron chi connectivity index (χ3n) is 3.52. The van der Waals surface area contributed by atoms with E-state index in [0.717, 1.165) is 11.1 Å². The summed E-state index contributed by atoms with van der Waals surface area (Å²) in [7, 11) is 0. The van der Waals surface area contributed by atoms with Crippen LogP contribution >= 0.6 is 0 Å². The predicted molar refractivity (Wildman–Crippen MR) is 79.7 cm³/mol. The highest BCUT2D eigenvalue weighted by atomic mass is 16.5. The molecule has 0 unspecified atom stereocenters. The minimum absolute atomic E-state index is 0.0737. The van der Waals surface area contributed by atoms with E-state index in [-0.39, 0.29) is 22.7 Å². The van der Waals surface area contributed by atoms with Gasteiger partial charge in [-0.1, -0.05) is 32.0 Å². The van der Waals surface area contributed by atoms with Gasteiger partial charge in [0, 0.05) is 12.3 Å². The van der Waals surface area contributed by atoms with Gasteiger partial charge >= 0.3 is 5.97 Å². The van der Waals surface area contributed by atoms with Gasteiger partial charge in [0.05, 0.1) is 0 Å². The first-order valence-electron chi connectivity index (χ1n) is 6.62. The number of ether oxygens (including phenoxy) is 1. The fraction of sp³-hybridized carbons (Fsp3) is 0.235. The van der Waals surface area contributed by atoms with Gasteiger partial charge < -0.3 is 14.9 Å². The van der Waals surface area contributed by atoms with Crippen LogP contribution in [-0.4, -0.2) is 16.2 Å². The number of carbonyl (C=O) groups is 1. The molecule has 2 N–H and O–H groups in total. The van der Waals surface area contributed by atoms with Gasteiger partial charge in [0.15, 0.2) is 11.5 Å². The highest BCUT2D eigenvalue weighted by Gasteiger charge is 2.24. The minimum atomic E-state index is -0.482. The van der Waals surface area contributed by atoms with Gasteiger partial charge in [0.2, 0.25) is 0 Å². The van der Waals surface area contributed by atoms with Crippen LogP contribution in [0, 0.1) is 0 Å². The summed E-state index contributed by atoms with van der Waals surface area (Å²) in [6, 6.07) is 11.9. The van der Waals surface area contributed by atoms with Crippen LogP contribution < -0.4 is 4.74 Å².